The number of phosphoric acid groups is 2. The van der Waals surface area contributed by atoms with Gasteiger partial charge in [0, 0.05) is 14.2 Å². The molecule has 2 saturated heterocycles. The number of ether oxygens (including phenoxy) is 3. The topological polar surface area (TPSA) is 145 Å². The Hall–Kier alpha value is 0.0899. The molecule has 2 heterocycles. The highest BCUT2D eigenvalue weighted by Gasteiger charge is 2.47. The lowest BCUT2D eigenvalue weighted by Gasteiger charge is -2.31. The van der Waals surface area contributed by atoms with Crippen molar-refractivity contribution in [1.29, 1.82) is 0 Å². The van der Waals surface area contributed by atoms with Crippen molar-refractivity contribution in [2.24, 2.45) is 0 Å². The van der Waals surface area contributed by atoms with Crippen molar-refractivity contribution in [2.45, 2.75) is 48.8 Å². The maximum absolute atomic E-state index is 14.1. The van der Waals surface area contributed by atoms with E-state index in [-0.39, 0.29) is 6.61 Å². The Kier molecular flexibility index (Phi) is 8.86. The zero-order chi connectivity index (χ0) is 22.0. The largest absolute Gasteiger partial charge is 0.756 e. The van der Waals surface area contributed by atoms with Crippen LogP contribution in [0.1, 0.15) is 0 Å². The summed E-state index contributed by atoms with van der Waals surface area (Å²) >= 11 is 0. The summed E-state index contributed by atoms with van der Waals surface area (Å²) in [5, 5.41) is 0. The van der Waals surface area contributed by atoms with E-state index in [0.717, 1.165) is 7.11 Å². The SMILES string of the molecule is [B][C@@H]1O[C@H](COP(=O)([O-])O[C@@H]2C(F)[C@H]([B])O[C@@H]2COC)[C@H](OP(=O)([O-])OC)C1F. The van der Waals surface area contributed by atoms with Crippen LogP contribution in [0.5, 0.6) is 0 Å². The molecule has 0 bridgehead atoms. The molecule has 2 aliphatic heterocycles. The number of phosphoric ester groups is 2. The van der Waals surface area contributed by atoms with E-state index < -0.39 is 71.0 Å². The number of halogens is 2. The highest BCUT2D eigenvalue weighted by atomic mass is 31.2. The van der Waals surface area contributed by atoms with Crippen LogP contribution in [0.25, 0.3) is 0 Å². The Morgan fingerprint density at radius 1 is 0.897 bits per heavy atom. The highest BCUT2D eigenvalue weighted by molar-refractivity contribution is 7.46. The molecule has 0 aromatic rings. The molecule has 11 nitrogen and oxygen atoms in total. The Balaban J connectivity index is 2.00. The van der Waals surface area contributed by atoms with E-state index in [4.69, 9.17) is 29.9 Å². The molecule has 0 saturated carbocycles. The first-order valence-electron chi connectivity index (χ1n) is 8.19. The van der Waals surface area contributed by atoms with Crippen molar-refractivity contribution in [1.82, 2.24) is 0 Å². The molecule has 2 aliphatic rings. The minimum Gasteiger partial charge on any atom is -0.756 e. The van der Waals surface area contributed by atoms with E-state index in [9.17, 15) is 27.7 Å². The first-order chi connectivity index (χ1) is 13.4. The third-order valence-corrected chi connectivity index (χ3v) is 6.02. The first kappa shape index (κ1) is 25.4. The molecule has 0 aromatic carbocycles. The average molecular weight is 460 g/mol. The van der Waals surface area contributed by atoms with Crippen LogP contribution >= 0.6 is 15.6 Å². The summed E-state index contributed by atoms with van der Waals surface area (Å²) in [5.74, 6) is 0. The lowest BCUT2D eigenvalue weighted by molar-refractivity contribution is -0.237. The second-order valence-electron chi connectivity index (χ2n) is 6.14. The summed E-state index contributed by atoms with van der Waals surface area (Å²) in [6.45, 7) is -1.15. The van der Waals surface area contributed by atoms with Gasteiger partial charge in [0.2, 0.25) is 0 Å². The van der Waals surface area contributed by atoms with Gasteiger partial charge in [-0.15, -0.1) is 0 Å². The van der Waals surface area contributed by atoms with Crippen molar-refractivity contribution in [2.75, 3.05) is 27.4 Å². The Morgan fingerprint density at radius 2 is 1.34 bits per heavy atom. The Morgan fingerprint density at radius 3 is 1.79 bits per heavy atom. The van der Waals surface area contributed by atoms with Crippen molar-refractivity contribution < 1.29 is 60.0 Å². The van der Waals surface area contributed by atoms with Crippen molar-refractivity contribution in [3.8, 4) is 0 Å². The quantitative estimate of drug-likeness (QED) is 0.277. The Bertz CT molecular complexity index is 649. The van der Waals surface area contributed by atoms with Gasteiger partial charge in [-0.1, -0.05) is 0 Å². The van der Waals surface area contributed by atoms with E-state index in [0.29, 0.717) is 0 Å². The molecule has 4 unspecified atom stereocenters. The van der Waals surface area contributed by atoms with Crippen LogP contribution in [0, 0.1) is 0 Å². The van der Waals surface area contributed by atoms with Gasteiger partial charge < -0.3 is 42.1 Å². The van der Waals surface area contributed by atoms with Crippen molar-refractivity contribution in [3.05, 3.63) is 0 Å². The van der Waals surface area contributed by atoms with Crippen LogP contribution in [0.15, 0.2) is 0 Å². The van der Waals surface area contributed by atoms with Gasteiger partial charge in [-0.25, -0.2) is 8.78 Å². The predicted molar refractivity (Wildman–Crippen MR) is 88.4 cm³/mol. The fourth-order valence-corrected chi connectivity index (χ4v) is 4.29. The van der Waals surface area contributed by atoms with E-state index in [1.165, 1.54) is 7.11 Å². The van der Waals surface area contributed by atoms with E-state index >= 15 is 0 Å². The fraction of sp³-hybridized carbons (Fsp3) is 1.00. The molecule has 0 N–H and O–H groups in total. The molecule has 29 heavy (non-hydrogen) atoms. The summed E-state index contributed by atoms with van der Waals surface area (Å²) < 4.78 is 84.2. The minimum atomic E-state index is -5.20. The fourth-order valence-electron chi connectivity index (χ4n) is 2.71. The molecule has 0 aromatic heterocycles. The smallest absolute Gasteiger partial charge is 0.268 e. The molecule has 164 valence electrons. The zero-order valence-electron chi connectivity index (χ0n) is 15.3. The van der Waals surface area contributed by atoms with E-state index in [2.05, 4.69) is 18.1 Å². The van der Waals surface area contributed by atoms with E-state index in [1.807, 2.05) is 0 Å². The van der Waals surface area contributed by atoms with Crippen LogP contribution < -0.4 is 9.79 Å². The number of methoxy groups -OCH3 is 1. The molecule has 17 heteroatoms. The molecule has 2 rings (SSSR count). The summed E-state index contributed by atoms with van der Waals surface area (Å²) in [7, 11) is 2.67. The van der Waals surface area contributed by atoms with Crippen molar-refractivity contribution in [3.63, 3.8) is 0 Å². The predicted octanol–water partition coefficient (Wildman–Crippen LogP) is -1.53. The maximum atomic E-state index is 14.1. The van der Waals surface area contributed by atoms with E-state index in [1.54, 1.807) is 0 Å². The summed E-state index contributed by atoms with van der Waals surface area (Å²) in [6, 6.07) is -3.05. The number of rotatable bonds is 10. The van der Waals surface area contributed by atoms with Gasteiger partial charge in [-0.2, -0.15) is 0 Å². The van der Waals surface area contributed by atoms with Gasteiger partial charge in [-0.05, 0) is 0 Å². The van der Waals surface area contributed by atoms with Gasteiger partial charge in [0.1, 0.15) is 52.5 Å². The van der Waals surface area contributed by atoms with Crippen LogP contribution in [0.2, 0.25) is 0 Å². The second kappa shape index (κ2) is 10.1. The van der Waals surface area contributed by atoms with Gasteiger partial charge in [0.15, 0.2) is 0 Å². The third-order valence-electron chi connectivity index (χ3n) is 4.11. The summed E-state index contributed by atoms with van der Waals surface area (Å²) in [6.07, 6.45) is -10.3. The maximum Gasteiger partial charge on any atom is 0.268 e. The first-order valence-corrected chi connectivity index (χ1v) is 11.1. The van der Waals surface area contributed by atoms with Crippen LogP contribution in [-0.2, 0) is 41.4 Å². The van der Waals surface area contributed by atoms with Crippen LogP contribution in [0.4, 0.5) is 8.78 Å². The normalized spacial score (nSPS) is 41.9. The lowest BCUT2D eigenvalue weighted by atomic mass is 9.94. The van der Waals surface area contributed by atoms with Gasteiger partial charge in [0.25, 0.3) is 15.6 Å². The van der Waals surface area contributed by atoms with Crippen molar-refractivity contribution >= 4 is 31.3 Å². The Labute approximate surface area is 168 Å². The lowest BCUT2D eigenvalue weighted by Crippen LogP contribution is -2.37. The molecule has 2 fully saturated rings. The second-order valence-corrected chi connectivity index (χ2v) is 8.97. The van der Waals surface area contributed by atoms with Crippen LogP contribution in [-0.4, -0.2) is 91.9 Å². The third kappa shape index (κ3) is 6.54. The molecule has 10 atom stereocenters. The summed E-state index contributed by atoms with van der Waals surface area (Å²) in [5.41, 5.74) is 0. The molecule has 0 amide bonds. The summed E-state index contributed by atoms with van der Waals surface area (Å²) in [4.78, 5) is 23.5. The number of alkyl halides is 2. The highest BCUT2D eigenvalue weighted by Crippen LogP contribution is 2.46. The molecule has 0 aliphatic carbocycles. The molecular formula is C12H18B2F2O11P2-2. The van der Waals surface area contributed by atoms with Gasteiger partial charge in [0.05, 0.1) is 25.2 Å². The zero-order valence-corrected chi connectivity index (χ0v) is 17.1. The number of hydrogen-bond donors (Lipinski definition) is 0. The number of hydrogen-bond acceptors (Lipinski definition) is 11. The minimum absolute atomic E-state index is 0.214. The average Bonchev–Trinajstić information content (AvgIpc) is 3.05. The monoisotopic (exact) mass is 460 g/mol. The van der Waals surface area contributed by atoms with Crippen LogP contribution in [0.3, 0.4) is 0 Å². The standard InChI is InChI=1S/C12H20B2F2O11P2/c1-21-3-5-9(7(15)11(13)24-5)27-29(19,20)23-4-6-10(8(16)12(14)25-6)26-28(17,18)22-2/h5-12H,3-4H2,1-2H3,(H,17,18)(H,19,20)/p-2/t5-,6-,7?,8?,9+,10+,11-,12-/m1/s1. The van der Waals surface area contributed by atoms with Gasteiger partial charge >= 0.3 is 0 Å². The molecule has 4 radical (unpaired) electrons. The van der Waals surface area contributed by atoms with Gasteiger partial charge in [-0.3, -0.25) is 9.13 Å². The molecular weight excluding hydrogens is 442 g/mol. The molecule has 0 spiro atoms.